The number of rotatable bonds is 5. The molecule has 7 aliphatic rings. The zero-order valence-corrected chi connectivity index (χ0v) is 29.0. The maximum atomic E-state index is 13.1. The fourth-order valence-corrected chi connectivity index (χ4v) is 13.7. The van der Waals surface area contributed by atoms with Gasteiger partial charge in [0.25, 0.3) is 0 Å². The van der Waals surface area contributed by atoms with Crippen LogP contribution in [-0.4, -0.2) is 70.9 Å². The second kappa shape index (κ2) is 10.1. The number of hydrogen-bond donors (Lipinski definition) is 3. The molecule has 0 aromatic carbocycles. The van der Waals surface area contributed by atoms with E-state index in [2.05, 4.69) is 39.9 Å². The molecule has 0 bridgehead atoms. The number of fused-ring (bicyclic) bond motifs is 4. The third kappa shape index (κ3) is 4.22. The first-order valence-corrected chi connectivity index (χ1v) is 18.1. The smallest absolute Gasteiger partial charge is 0.323 e. The number of aliphatic hydroxyl groups excluding tert-OH is 1. The van der Waals surface area contributed by atoms with Gasteiger partial charge in [0.2, 0.25) is 0 Å². The third-order valence-corrected chi connectivity index (χ3v) is 15.7. The third-order valence-electron chi connectivity index (χ3n) is 15.7. The molecule has 45 heavy (non-hydrogen) atoms. The highest BCUT2D eigenvalue weighted by Crippen LogP contribution is 2.89. The van der Waals surface area contributed by atoms with Crippen LogP contribution in [-0.2, 0) is 23.8 Å². The number of aliphatic hydroxyl groups is 2. The fraction of sp³-hybridized carbons (Fsp3) is 0.946. The summed E-state index contributed by atoms with van der Waals surface area (Å²) in [7, 11) is 0. The first-order valence-electron chi connectivity index (χ1n) is 18.1. The molecule has 0 aromatic rings. The number of hydrogen-bond acceptors (Lipinski definition) is 8. The molecule has 8 heteroatoms. The van der Waals surface area contributed by atoms with Gasteiger partial charge < -0.3 is 29.7 Å². The maximum absolute atomic E-state index is 13.1. The molecule has 8 nitrogen and oxygen atoms in total. The minimum atomic E-state index is -1.26. The Kier molecular flexibility index (Phi) is 7.29. The van der Waals surface area contributed by atoms with Crippen molar-refractivity contribution in [2.45, 2.75) is 162 Å². The molecule has 14 atom stereocenters. The number of ether oxygens (including phenoxy) is 3. The van der Waals surface area contributed by atoms with Crippen molar-refractivity contribution in [3.05, 3.63) is 0 Å². The minimum Gasteiger partial charge on any atom is -0.461 e. The molecular weight excluding hydrogens is 570 g/mol. The number of esters is 2. The molecule has 0 unspecified atom stereocenters. The Balaban J connectivity index is 1.15. The molecule has 254 valence electrons. The Hall–Kier alpha value is -1.22. The summed E-state index contributed by atoms with van der Waals surface area (Å²) < 4.78 is 18.8. The topological polar surface area (TPSA) is 114 Å². The zero-order chi connectivity index (χ0) is 32.5. The van der Waals surface area contributed by atoms with Crippen molar-refractivity contribution in [3.63, 3.8) is 0 Å². The number of carbonyl (C=O) groups is 2. The summed E-state index contributed by atoms with van der Waals surface area (Å²) in [6, 6.07) is -0.153. The van der Waals surface area contributed by atoms with Gasteiger partial charge in [-0.15, -0.1) is 0 Å². The molecule has 7 fully saturated rings. The average Bonchev–Trinajstić information content (AvgIpc) is 3.21. The molecule has 2 heterocycles. The van der Waals surface area contributed by atoms with E-state index in [1.165, 1.54) is 19.8 Å². The van der Waals surface area contributed by atoms with E-state index >= 15 is 0 Å². The van der Waals surface area contributed by atoms with E-state index in [1.807, 2.05) is 0 Å². The Morgan fingerprint density at radius 1 is 1.00 bits per heavy atom. The van der Waals surface area contributed by atoms with Crippen LogP contribution in [0.4, 0.5) is 0 Å². The first kappa shape index (κ1) is 32.3. The molecule has 2 aliphatic heterocycles. The van der Waals surface area contributed by atoms with Gasteiger partial charge in [-0.25, -0.2) is 0 Å². The second-order valence-corrected chi connectivity index (χ2v) is 18.3. The van der Waals surface area contributed by atoms with Crippen LogP contribution >= 0.6 is 0 Å². The Morgan fingerprint density at radius 2 is 1.69 bits per heavy atom. The molecule has 3 N–H and O–H groups in total. The quantitative estimate of drug-likeness (QED) is 0.357. The second-order valence-electron chi connectivity index (χ2n) is 18.3. The van der Waals surface area contributed by atoms with Crippen molar-refractivity contribution in [3.8, 4) is 0 Å². The largest absolute Gasteiger partial charge is 0.461 e. The van der Waals surface area contributed by atoms with E-state index in [0.717, 1.165) is 51.5 Å². The summed E-state index contributed by atoms with van der Waals surface area (Å²) in [4.78, 5) is 25.1. The monoisotopic (exact) mass is 629 g/mol. The summed E-state index contributed by atoms with van der Waals surface area (Å²) in [5, 5.41) is 26.8. The summed E-state index contributed by atoms with van der Waals surface area (Å²) in [6.07, 6.45) is 8.02. The normalized spacial score (nSPS) is 51.9. The van der Waals surface area contributed by atoms with E-state index in [-0.39, 0.29) is 63.1 Å². The number of carbonyl (C=O) groups excluding carboxylic acids is 2. The van der Waals surface area contributed by atoms with Gasteiger partial charge in [-0.2, -0.15) is 0 Å². The van der Waals surface area contributed by atoms with Crippen LogP contribution in [0.3, 0.4) is 0 Å². The van der Waals surface area contributed by atoms with Crippen LogP contribution in [0.25, 0.3) is 0 Å². The molecule has 2 saturated heterocycles. The van der Waals surface area contributed by atoms with E-state index in [0.29, 0.717) is 18.3 Å². The first-order chi connectivity index (χ1) is 20.9. The summed E-state index contributed by atoms with van der Waals surface area (Å²) in [5.41, 5.74) is -1.25. The highest BCUT2D eigenvalue weighted by atomic mass is 16.6. The molecule has 0 radical (unpaired) electrons. The van der Waals surface area contributed by atoms with Crippen molar-refractivity contribution >= 4 is 11.9 Å². The van der Waals surface area contributed by atoms with Crippen LogP contribution in [0.5, 0.6) is 0 Å². The van der Waals surface area contributed by atoms with Crippen LogP contribution in [0, 0.1) is 50.7 Å². The lowest BCUT2D eigenvalue weighted by molar-refractivity contribution is -0.216. The zero-order valence-electron chi connectivity index (χ0n) is 29.0. The lowest BCUT2D eigenvalue weighted by atomic mass is 9.41. The molecule has 2 spiro atoms. The standard InChI is InChI=1S/C37H59NO7/c1-20-18-23(30(33(5,6)42)43-21(2)39)44-28-27(20)34(7)15-16-37-19-36(37)14-13-26(45-31(41)22-10-9-17-38-22)32(3,4)24(36)11-12-25(37)35(34,8)29(28)40/h20,22-30,38,40,42H,9-19H2,1-8H3/t20-,22+,23+,24+,25+,26+,27+,28+,29+,30+,34-,35-,36-,37+/m1/s1. The van der Waals surface area contributed by atoms with E-state index in [1.54, 1.807) is 13.8 Å². The Bertz CT molecular complexity index is 1220. The summed E-state index contributed by atoms with van der Waals surface area (Å²) >= 11 is 0. The van der Waals surface area contributed by atoms with Crippen molar-refractivity contribution in [1.29, 1.82) is 0 Å². The van der Waals surface area contributed by atoms with Crippen molar-refractivity contribution in [2.24, 2.45) is 50.7 Å². The molecule has 0 amide bonds. The van der Waals surface area contributed by atoms with Gasteiger partial charge in [0.15, 0.2) is 6.10 Å². The van der Waals surface area contributed by atoms with Gasteiger partial charge in [-0.3, -0.25) is 9.59 Å². The molecular formula is C37H59NO7. The highest BCUT2D eigenvalue weighted by Gasteiger charge is 2.84. The lowest BCUT2D eigenvalue weighted by Crippen LogP contribution is -2.60. The summed E-state index contributed by atoms with van der Waals surface area (Å²) in [5.74, 6) is 0.883. The Labute approximate surface area is 270 Å². The van der Waals surface area contributed by atoms with E-state index in [9.17, 15) is 19.8 Å². The van der Waals surface area contributed by atoms with Gasteiger partial charge in [0, 0.05) is 17.8 Å². The molecule has 0 aromatic heterocycles. The van der Waals surface area contributed by atoms with Crippen LogP contribution in [0.2, 0.25) is 0 Å². The van der Waals surface area contributed by atoms with Crippen molar-refractivity contribution in [2.75, 3.05) is 6.54 Å². The SMILES string of the molecule is CC(=O)O[C@@H]([C@@H]1C[C@@H](C)[C@H]2[C@H](O1)[C@H](O)[C@@]1(C)[C@@H]3CC[C@H]4C(C)(C)[C@@H](OC(=O)[C@@H]5CCCN5)CC[C@@]45C[C@@]35CC[C@]21C)C(C)(C)O. The van der Waals surface area contributed by atoms with E-state index < -0.39 is 29.9 Å². The van der Waals surface area contributed by atoms with Crippen molar-refractivity contribution < 1.29 is 34.0 Å². The molecule has 7 rings (SSSR count). The van der Waals surface area contributed by atoms with Gasteiger partial charge in [0.1, 0.15) is 12.1 Å². The van der Waals surface area contributed by atoms with Crippen LogP contribution in [0.15, 0.2) is 0 Å². The fourth-order valence-electron chi connectivity index (χ4n) is 13.7. The van der Waals surface area contributed by atoms with Gasteiger partial charge >= 0.3 is 11.9 Å². The average molecular weight is 630 g/mol. The molecule has 5 aliphatic carbocycles. The van der Waals surface area contributed by atoms with E-state index in [4.69, 9.17) is 14.2 Å². The van der Waals surface area contributed by atoms with Gasteiger partial charge in [-0.1, -0.05) is 34.6 Å². The van der Waals surface area contributed by atoms with Crippen LogP contribution in [0.1, 0.15) is 120 Å². The predicted molar refractivity (Wildman–Crippen MR) is 169 cm³/mol. The van der Waals surface area contributed by atoms with Crippen molar-refractivity contribution in [1.82, 2.24) is 5.32 Å². The number of nitrogens with one attached hydrogen (secondary N) is 1. The maximum Gasteiger partial charge on any atom is 0.323 e. The van der Waals surface area contributed by atoms with Gasteiger partial charge in [-0.05, 0) is 125 Å². The highest BCUT2D eigenvalue weighted by molar-refractivity contribution is 5.76. The van der Waals surface area contributed by atoms with Gasteiger partial charge in [0.05, 0.1) is 23.9 Å². The van der Waals surface area contributed by atoms with Crippen LogP contribution < -0.4 is 5.32 Å². The minimum absolute atomic E-state index is 0.0475. The summed E-state index contributed by atoms with van der Waals surface area (Å²) in [6.45, 7) is 17.4. The predicted octanol–water partition coefficient (Wildman–Crippen LogP) is 5.17. The lowest BCUT2D eigenvalue weighted by Gasteiger charge is -2.63. The molecule has 5 saturated carbocycles. The Morgan fingerprint density at radius 3 is 2.33 bits per heavy atom.